The highest BCUT2D eigenvalue weighted by molar-refractivity contribution is 7.92. The highest BCUT2D eigenvalue weighted by atomic mass is 35.5. The predicted octanol–water partition coefficient (Wildman–Crippen LogP) is 1.27. The van der Waals surface area contributed by atoms with Gasteiger partial charge in [0.05, 0.1) is 17.5 Å². The van der Waals surface area contributed by atoms with E-state index in [4.69, 9.17) is 0 Å². The highest BCUT2D eigenvalue weighted by Gasteiger charge is 2.18. The lowest BCUT2D eigenvalue weighted by atomic mass is 10.1. The number of amides is 1. The summed E-state index contributed by atoms with van der Waals surface area (Å²) >= 11 is 0. The van der Waals surface area contributed by atoms with Crippen LogP contribution < -0.4 is 15.4 Å². The number of rotatable bonds is 5. The molecule has 2 rings (SSSR count). The van der Waals surface area contributed by atoms with Gasteiger partial charge in [-0.25, -0.2) is 8.42 Å². The molecule has 0 radical (unpaired) electrons. The number of carbonyl (C=O) groups is 1. The smallest absolute Gasteiger partial charge is 0.253 e. The summed E-state index contributed by atoms with van der Waals surface area (Å²) in [6.07, 6.45) is 3.23. The van der Waals surface area contributed by atoms with E-state index in [9.17, 15) is 13.2 Å². The van der Waals surface area contributed by atoms with E-state index in [1.807, 2.05) is 6.92 Å². The van der Waals surface area contributed by atoms with Crippen molar-refractivity contribution in [2.75, 3.05) is 24.1 Å². The van der Waals surface area contributed by atoms with E-state index in [2.05, 4.69) is 15.4 Å². The Hall–Kier alpha value is -1.31. The molecule has 1 aliphatic rings. The van der Waals surface area contributed by atoms with Crippen molar-refractivity contribution in [3.63, 3.8) is 0 Å². The van der Waals surface area contributed by atoms with Gasteiger partial charge in [0.2, 0.25) is 10.0 Å². The van der Waals surface area contributed by atoms with Gasteiger partial charge in [-0.05, 0) is 38.4 Å². The van der Waals surface area contributed by atoms with E-state index in [1.54, 1.807) is 18.2 Å². The number of halogens is 1. The number of carbonyl (C=O) groups excluding carboxylic acids is 1. The lowest BCUT2D eigenvalue weighted by molar-refractivity contribution is 0.0951. The average molecular weight is 348 g/mol. The monoisotopic (exact) mass is 347 g/mol. The van der Waals surface area contributed by atoms with Crippen LogP contribution in [0.2, 0.25) is 0 Å². The largest absolute Gasteiger partial charge is 0.350 e. The molecule has 0 saturated carbocycles. The van der Waals surface area contributed by atoms with E-state index in [0.717, 1.165) is 31.2 Å². The molecule has 8 heteroatoms. The Bertz CT molecular complexity index is 628. The standard InChI is InChI=1S/C14H21N3O3S.ClH/c1-10-5-6-13(17-21(2,19)20)12(8-10)14(18)16-9-11-4-3-7-15-11;/h5-6,8,11,15,17H,3-4,7,9H2,1-2H3,(H,16,18);1H. The first kappa shape index (κ1) is 18.7. The van der Waals surface area contributed by atoms with Crippen molar-refractivity contribution < 1.29 is 13.2 Å². The number of hydrogen-bond donors (Lipinski definition) is 3. The molecule has 1 aromatic rings. The van der Waals surface area contributed by atoms with Gasteiger partial charge in [-0.15, -0.1) is 12.4 Å². The third kappa shape index (κ3) is 5.47. The molecule has 1 fully saturated rings. The molecule has 1 unspecified atom stereocenters. The SMILES string of the molecule is Cc1ccc(NS(C)(=O)=O)c(C(=O)NCC2CCCN2)c1.Cl. The van der Waals surface area contributed by atoms with Crippen molar-refractivity contribution in [1.82, 2.24) is 10.6 Å². The number of benzene rings is 1. The van der Waals surface area contributed by atoms with Crippen molar-refractivity contribution in [2.24, 2.45) is 0 Å². The van der Waals surface area contributed by atoms with Crippen LogP contribution in [0.1, 0.15) is 28.8 Å². The molecule has 0 aromatic heterocycles. The predicted molar refractivity (Wildman–Crippen MR) is 90.3 cm³/mol. The third-order valence-corrected chi connectivity index (χ3v) is 3.98. The molecular weight excluding hydrogens is 326 g/mol. The minimum atomic E-state index is -3.42. The summed E-state index contributed by atoms with van der Waals surface area (Å²) in [5.41, 5.74) is 1.55. The second-order valence-corrected chi connectivity index (χ2v) is 7.18. The van der Waals surface area contributed by atoms with Gasteiger partial charge in [-0.3, -0.25) is 9.52 Å². The van der Waals surface area contributed by atoms with Gasteiger partial charge in [-0.1, -0.05) is 11.6 Å². The second-order valence-electron chi connectivity index (χ2n) is 5.43. The van der Waals surface area contributed by atoms with E-state index in [-0.39, 0.29) is 18.3 Å². The molecule has 1 amide bonds. The molecule has 3 N–H and O–H groups in total. The number of anilines is 1. The summed E-state index contributed by atoms with van der Waals surface area (Å²) in [4.78, 5) is 12.3. The van der Waals surface area contributed by atoms with Crippen LogP contribution in [-0.4, -0.2) is 39.7 Å². The molecule has 0 aliphatic carbocycles. The molecule has 0 spiro atoms. The van der Waals surface area contributed by atoms with Crippen molar-refractivity contribution in [3.05, 3.63) is 29.3 Å². The Morgan fingerprint density at radius 1 is 1.41 bits per heavy atom. The Morgan fingerprint density at radius 2 is 2.14 bits per heavy atom. The maximum Gasteiger partial charge on any atom is 0.253 e. The molecule has 1 aliphatic heterocycles. The number of nitrogens with one attached hydrogen (secondary N) is 3. The summed E-state index contributed by atoms with van der Waals surface area (Å²) in [5.74, 6) is -0.265. The molecule has 1 atom stereocenters. The van der Waals surface area contributed by atoms with Crippen LogP contribution in [0.5, 0.6) is 0 Å². The Balaban J connectivity index is 0.00000242. The van der Waals surface area contributed by atoms with Crippen molar-refractivity contribution >= 4 is 34.0 Å². The zero-order valence-corrected chi connectivity index (χ0v) is 14.3. The van der Waals surface area contributed by atoms with Crippen LogP contribution in [0.3, 0.4) is 0 Å². The van der Waals surface area contributed by atoms with Gasteiger partial charge in [0, 0.05) is 12.6 Å². The van der Waals surface area contributed by atoms with Gasteiger partial charge in [-0.2, -0.15) is 0 Å². The molecular formula is C14H22ClN3O3S. The number of hydrogen-bond acceptors (Lipinski definition) is 4. The number of sulfonamides is 1. The fourth-order valence-corrected chi connectivity index (χ4v) is 2.95. The van der Waals surface area contributed by atoms with Gasteiger partial charge in [0.15, 0.2) is 0 Å². The summed E-state index contributed by atoms with van der Waals surface area (Å²) < 4.78 is 25.1. The minimum Gasteiger partial charge on any atom is -0.350 e. The van der Waals surface area contributed by atoms with Crippen LogP contribution in [0.15, 0.2) is 18.2 Å². The second kappa shape index (κ2) is 7.80. The first-order valence-corrected chi connectivity index (χ1v) is 8.84. The number of aryl methyl sites for hydroxylation is 1. The van der Waals surface area contributed by atoms with Crippen LogP contribution in [0.25, 0.3) is 0 Å². The molecule has 0 bridgehead atoms. The van der Waals surface area contributed by atoms with Gasteiger partial charge in [0.1, 0.15) is 0 Å². The quantitative estimate of drug-likeness (QED) is 0.748. The average Bonchev–Trinajstić information content (AvgIpc) is 2.89. The lowest BCUT2D eigenvalue weighted by Gasteiger charge is -2.14. The van der Waals surface area contributed by atoms with Crippen LogP contribution in [-0.2, 0) is 10.0 Å². The summed E-state index contributed by atoms with van der Waals surface area (Å²) in [7, 11) is -3.42. The maximum atomic E-state index is 12.3. The molecule has 124 valence electrons. The normalized spacial score (nSPS) is 17.6. The summed E-state index contributed by atoms with van der Waals surface area (Å²) in [6, 6.07) is 5.36. The van der Waals surface area contributed by atoms with Crippen molar-refractivity contribution in [2.45, 2.75) is 25.8 Å². The first-order chi connectivity index (χ1) is 9.85. The first-order valence-electron chi connectivity index (χ1n) is 6.95. The molecule has 1 aromatic carbocycles. The zero-order chi connectivity index (χ0) is 15.5. The zero-order valence-electron chi connectivity index (χ0n) is 12.7. The summed E-state index contributed by atoms with van der Waals surface area (Å²) in [5, 5.41) is 6.16. The molecule has 6 nitrogen and oxygen atoms in total. The topological polar surface area (TPSA) is 87.3 Å². The van der Waals surface area contributed by atoms with Gasteiger partial charge < -0.3 is 10.6 Å². The fourth-order valence-electron chi connectivity index (χ4n) is 2.38. The van der Waals surface area contributed by atoms with E-state index < -0.39 is 10.0 Å². The molecule has 22 heavy (non-hydrogen) atoms. The molecule has 1 heterocycles. The Kier molecular flexibility index (Phi) is 6.65. The van der Waals surface area contributed by atoms with Crippen LogP contribution >= 0.6 is 12.4 Å². The Labute approximate surface area is 137 Å². The van der Waals surface area contributed by atoms with Crippen LogP contribution in [0.4, 0.5) is 5.69 Å². The maximum absolute atomic E-state index is 12.3. The van der Waals surface area contributed by atoms with Gasteiger partial charge >= 0.3 is 0 Å². The summed E-state index contributed by atoms with van der Waals surface area (Å²) in [6.45, 7) is 3.39. The van der Waals surface area contributed by atoms with E-state index >= 15 is 0 Å². The minimum absolute atomic E-state index is 0. The highest BCUT2D eigenvalue weighted by Crippen LogP contribution is 2.18. The van der Waals surface area contributed by atoms with Crippen LogP contribution in [0, 0.1) is 6.92 Å². The van der Waals surface area contributed by atoms with Crippen molar-refractivity contribution in [3.8, 4) is 0 Å². The van der Waals surface area contributed by atoms with Crippen molar-refractivity contribution in [1.29, 1.82) is 0 Å². The van der Waals surface area contributed by atoms with Gasteiger partial charge in [0.25, 0.3) is 5.91 Å². The lowest BCUT2D eigenvalue weighted by Crippen LogP contribution is -2.37. The Morgan fingerprint density at radius 3 is 2.73 bits per heavy atom. The van der Waals surface area contributed by atoms with E-state index in [1.165, 1.54) is 0 Å². The third-order valence-electron chi connectivity index (χ3n) is 3.39. The van der Waals surface area contributed by atoms with E-state index in [0.29, 0.717) is 23.8 Å². The molecule has 1 saturated heterocycles. The fraction of sp³-hybridized carbons (Fsp3) is 0.500.